The van der Waals surface area contributed by atoms with Crippen molar-refractivity contribution < 1.29 is 9.15 Å². The summed E-state index contributed by atoms with van der Waals surface area (Å²) < 4.78 is 10.8. The molecule has 20 heavy (non-hydrogen) atoms. The van der Waals surface area contributed by atoms with Crippen molar-refractivity contribution in [3.63, 3.8) is 0 Å². The van der Waals surface area contributed by atoms with E-state index >= 15 is 0 Å². The fourth-order valence-corrected chi connectivity index (χ4v) is 2.90. The quantitative estimate of drug-likeness (QED) is 0.874. The Morgan fingerprint density at radius 3 is 2.80 bits per heavy atom. The van der Waals surface area contributed by atoms with Gasteiger partial charge in [0.15, 0.2) is 0 Å². The Morgan fingerprint density at radius 1 is 1.20 bits per heavy atom. The van der Waals surface area contributed by atoms with Gasteiger partial charge in [0.1, 0.15) is 11.5 Å². The number of hydrogen-bond acceptors (Lipinski definition) is 3. The number of methoxy groups -OCH3 is 1. The zero-order valence-electron chi connectivity index (χ0n) is 11.8. The van der Waals surface area contributed by atoms with Crippen molar-refractivity contribution in [1.82, 2.24) is 5.32 Å². The van der Waals surface area contributed by atoms with Gasteiger partial charge in [-0.3, -0.25) is 0 Å². The summed E-state index contributed by atoms with van der Waals surface area (Å²) in [6.45, 7) is 0.983. The Morgan fingerprint density at radius 2 is 2.05 bits per heavy atom. The predicted molar refractivity (Wildman–Crippen MR) is 79.2 cm³/mol. The maximum absolute atomic E-state index is 5.43. The zero-order chi connectivity index (χ0) is 13.8. The van der Waals surface area contributed by atoms with Gasteiger partial charge in [0.2, 0.25) is 0 Å². The Kier molecular flexibility index (Phi) is 4.07. The van der Waals surface area contributed by atoms with E-state index in [0.717, 1.165) is 24.5 Å². The molecule has 1 aromatic carbocycles. The molecule has 1 aromatic heterocycles. The van der Waals surface area contributed by atoms with Crippen LogP contribution in [-0.2, 0) is 6.42 Å². The van der Waals surface area contributed by atoms with Crippen LogP contribution in [0.3, 0.4) is 0 Å². The van der Waals surface area contributed by atoms with Crippen molar-refractivity contribution in [3.8, 4) is 5.75 Å². The second-order valence-electron chi connectivity index (χ2n) is 5.39. The summed E-state index contributed by atoms with van der Waals surface area (Å²) in [7, 11) is 1.75. The summed E-state index contributed by atoms with van der Waals surface area (Å²) >= 11 is 0. The number of ether oxygens (including phenoxy) is 1. The lowest BCUT2D eigenvalue weighted by Crippen LogP contribution is -2.41. The Hall–Kier alpha value is -1.74. The van der Waals surface area contributed by atoms with Crippen LogP contribution in [0.5, 0.6) is 5.75 Å². The molecular formula is C17H21NO2. The van der Waals surface area contributed by atoms with Crippen LogP contribution in [0.1, 0.15) is 30.1 Å². The van der Waals surface area contributed by atoms with E-state index in [2.05, 4.69) is 17.4 Å². The van der Waals surface area contributed by atoms with E-state index in [9.17, 15) is 0 Å². The molecule has 0 saturated heterocycles. The predicted octanol–water partition coefficient (Wildman–Crippen LogP) is 3.37. The second-order valence-corrected chi connectivity index (χ2v) is 5.39. The molecule has 1 aliphatic rings. The molecule has 3 nitrogen and oxygen atoms in total. The van der Waals surface area contributed by atoms with Crippen molar-refractivity contribution in [2.45, 2.75) is 31.2 Å². The van der Waals surface area contributed by atoms with Crippen molar-refractivity contribution >= 4 is 0 Å². The third-order valence-corrected chi connectivity index (χ3v) is 4.10. The fraction of sp³-hybridized carbons (Fsp3) is 0.412. The van der Waals surface area contributed by atoms with Crippen molar-refractivity contribution in [2.24, 2.45) is 0 Å². The molecule has 106 valence electrons. The second kappa shape index (κ2) is 6.14. The Labute approximate surface area is 119 Å². The van der Waals surface area contributed by atoms with E-state index in [4.69, 9.17) is 9.15 Å². The lowest BCUT2D eigenvalue weighted by molar-refractivity contribution is 0.283. The fourth-order valence-electron chi connectivity index (χ4n) is 2.90. The molecule has 0 aliphatic heterocycles. The van der Waals surface area contributed by atoms with Crippen molar-refractivity contribution in [2.75, 3.05) is 13.7 Å². The number of benzene rings is 1. The highest BCUT2D eigenvalue weighted by molar-refractivity contribution is 5.37. The maximum Gasteiger partial charge on any atom is 0.122 e. The summed E-state index contributed by atoms with van der Waals surface area (Å²) in [4.78, 5) is 0. The molecular weight excluding hydrogens is 250 g/mol. The van der Waals surface area contributed by atoms with E-state index in [1.54, 1.807) is 13.4 Å². The first-order chi connectivity index (χ1) is 9.86. The molecule has 3 rings (SSSR count). The van der Waals surface area contributed by atoms with Crippen LogP contribution in [0.25, 0.3) is 0 Å². The molecule has 0 radical (unpaired) electrons. The van der Waals surface area contributed by atoms with Gasteiger partial charge >= 0.3 is 0 Å². The minimum Gasteiger partial charge on any atom is -0.496 e. The molecule has 1 heterocycles. The SMILES string of the molecule is COc1ccccc1C1CC(NCCc2ccco2)C1. The van der Waals surface area contributed by atoms with Crippen molar-refractivity contribution in [3.05, 3.63) is 54.0 Å². The number of hydrogen-bond donors (Lipinski definition) is 1. The molecule has 1 aliphatic carbocycles. The highest BCUT2D eigenvalue weighted by atomic mass is 16.5. The number of rotatable bonds is 6. The average molecular weight is 271 g/mol. The summed E-state index contributed by atoms with van der Waals surface area (Å²) in [5.41, 5.74) is 1.35. The van der Waals surface area contributed by atoms with Crippen LogP contribution in [0.4, 0.5) is 0 Å². The van der Waals surface area contributed by atoms with Gasteiger partial charge in [-0.2, -0.15) is 0 Å². The Bertz CT molecular complexity index is 530. The van der Waals surface area contributed by atoms with Gasteiger partial charge in [-0.05, 0) is 42.5 Å². The standard InChI is InChI=1S/C17H21NO2/c1-19-17-7-3-2-6-16(17)13-11-14(12-13)18-9-8-15-5-4-10-20-15/h2-7,10,13-14,18H,8-9,11-12H2,1H3. The number of nitrogens with one attached hydrogen (secondary N) is 1. The van der Waals surface area contributed by atoms with E-state index in [1.807, 2.05) is 24.3 Å². The highest BCUT2D eigenvalue weighted by Gasteiger charge is 2.31. The molecule has 1 saturated carbocycles. The van der Waals surface area contributed by atoms with Crippen molar-refractivity contribution in [1.29, 1.82) is 0 Å². The van der Waals surface area contributed by atoms with Crippen LogP contribution in [0.15, 0.2) is 47.1 Å². The van der Waals surface area contributed by atoms with Crippen LogP contribution < -0.4 is 10.1 Å². The van der Waals surface area contributed by atoms with Gasteiger partial charge in [0.05, 0.1) is 13.4 Å². The average Bonchev–Trinajstić information content (AvgIpc) is 2.94. The van der Waals surface area contributed by atoms with E-state index in [0.29, 0.717) is 12.0 Å². The van der Waals surface area contributed by atoms with Gasteiger partial charge in [0, 0.05) is 19.0 Å². The summed E-state index contributed by atoms with van der Waals surface area (Å²) in [5, 5.41) is 3.59. The van der Waals surface area contributed by atoms with Crippen LogP contribution >= 0.6 is 0 Å². The van der Waals surface area contributed by atoms with Gasteiger partial charge in [0.25, 0.3) is 0 Å². The lowest BCUT2D eigenvalue weighted by atomic mass is 9.75. The molecule has 1 fully saturated rings. The van der Waals surface area contributed by atoms with Crippen LogP contribution in [0, 0.1) is 0 Å². The third-order valence-electron chi connectivity index (χ3n) is 4.10. The molecule has 1 N–H and O–H groups in total. The van der Waals surface area contributed by atoms with Gasteiger partial charge in [-0.15, -0.1) is 0 Å². The van der Waals surface area contributed by atoms with Gasteiger partial charge < -0.3 is 14.5 Å². The first kappa shape index (κ1) is 13.3. The van der Waals surface area contributed by atoms with E-state index < -0.39 is 0 Å². The molecule has 0 atom stereocenters. The van der Waals surface area contributed by atoms with Gasteiger partial charge in [-0.1, -0.05) is 18.2 Å². The normalized spacial score (nSPS) is 21.4. The minimum absolute atomic E-state index is 0.625. The monoisotopic (exact) mass is 271 g/mol. The summed E-state index contributed by atoms with van der Waals surface area (Å²) in [6.07, 6.45) is 5.08. The minimum atomic E-state index is 0.625. The number of para-hydroxylation sites is 1. The number of furan rings is 1. The van der Waals surface area contributed by atoms with Gasteiger partial charge in [-0.25, -0.2) is 0 Å². The lowest BCUT2D eigenvalue weighted by Gasteiger charge is -2.37. The van der Waals surface area contributed by atoms with Crippen LogP contribution in [-0.4, -0.2) is 19.7 Å². The Balaban J connectivity index is 1.44. The van der Waals surface area contributed by atoms with Crippen LogP contribution in [0.2, 0.25) is 0 Å². The van der Waals surface area contributed by atoms with E-state index in [-0.39, 0.29) is 0 Å². The third kappa shape index (κ3) is 2.88. The first-order valence-electron chi connectivity index (χ1n) is 7.25. The topological polar surface area (TPSA) is 34.4 Å². The first-order valence-corrected chi connectivity index (χ1v) is 7.25. The van der Waals surface area contributed by atoms with E-state index in [1.165, 1.54) is 18.4 Å². The molecule has 3 heteroatoms. The summed E-state index contributed by atoms with van der Waals surface area (Å²) in [5.74, 6) is 2.71. The zero-order valence-corrected chi connectivity index (χ0v) is 11.8. The largest absolute Gasteiger partial charge is 0.496 e. The maximum atomic E-state index is 5.43. The smallest absolute Gasteiger partial charge is 0.122 e. The molecule has 0 spiro atoms. The molecule has 0 amide bonds. The summed E-state index contributed by atoms with van der Waals surface area (Å²) in [6, 6.07) is 12.9. The highest BCUT2D eigenvalue weighted by Crippen LogP contribution is 2.40. The molecule has 0 unspecified atom stereocenters. The molecule has 2 aromatic rings. The molecule has 0 bridgehead atoms.